The first-order valence-electron chi connectivity index (χ1n) is 17.6. The van der Waals surface area contributed by atoms with Crippen molar-refractivity contribution in [2.45, 2.75) is 130 Å². The highest BCUT2D eigenvalue weighted by atomic mass is 32.3. The van der Waals surface area contributed by atoms with E-state index in [-0.39, 0.29) is 53.8 Å². The minimum atomic E-state index is -4.96. The molecular formula is C35H56O11S. The van der Waals surface area contributed by atoms with Crippen molar-refractivity contribution < 1.29 is 51.8 Å². The molecule has 0 aromatic carbocycles. The van der Waals surface area contributed by atoms with Crippen LogP contribution in [-0.2, 0) is 28.9 Å². The van der Waals surface area contributed by atoms with Crippen LogP contribution in [-0.4, -0.2) is 83.3 Å². The number of carboxylic acid groups (broad SMARTS) is 1. The molecule has 0 aromatic rings. The first-order chi connectivity index (χ1) is 21.8. The third-order valence-electron chi connectivity index (χ3n) is 15.3. The van der Waals surface area contributed by atoms with Crippen LogP contribution in [0.5, 0.6) is 0 Å². The standard InChI is InChI=1S/C35H56O11S/c1-19-9-14-34(30(39)40)15-16-35(18-36)21(26(34)20(19)2)7-8-24-32(5)12-11-25(31(3,4)23(32)10-13-33(24,35)6)45-29-28(46-47(41,42)43)27(38)22(37)17-44-29/h7,19-20,22-29,36-38H,8-18H2,1-6H3,(H,39,40)(H,41,42,43)/t19-,20+,22+,23+,24-,25+,26+,27+,28-,29+,32+,33-,34+,35+/m1/s1. The molecule has 6 aliphatic rings. The number of hydrogen-bond donors (Lipinski definition) is 5. The zero-order valence-electron chi connectivity index (χ0n) is 28.7. The zero-order chi connectivity index (χ0) is 34.5. The highest BCUT2D eigenvalue weighted by Gasteiger charge is 2.71. The third kappa shape index (κ3) is 5.13. The van der Waals surface area contributed by atoms with Gasteiger partial charge in [0.2, 0.25) is 0 Å². The Labute approximate surface area is 279 Å². The van der Waals surface area contributed by atoms with Gasteiger partial charge in [0.1, 0.15) is 12.2 Å². The third-order valence-corrected chi connectivity index (χ3v) is 15.7. The molecule has 6 rings (SSSR count). The molecule has 47 heavy (non-hydrogen) atoms. The van der Waals surface area contributed by atoms with Crippen molar-refractivity contribution in [3.05, 3.63) is 11.6 Å². The monoisotopic (exact) mass is 684 g/mol. The van der Waals surface area contributed by atoms with Gasteiger partial charge in [-0.15, -0.1) is 0 Å². The minimum absolute atomic E-state index is 0.0113. The maximum Gasteiger partial charge on any atom is 0.397 e. The summed E-state index contributed by atoms with van der Waals surface area (Å²) in [6, 6.07) is 0. The minimum Gasteiger partial charge on any atom is -0.481 e. The smallest absolute Gasteiger partial charge is 0.397 e. The fourth-order valence-electron chi connectivity index (χ4n) is 12.5. The van der Waals surface area contributed by atoms with Crippen LogP contribution in [0.2, 0.25) is 0 Å². The highest BCUT2D eigenvalue weighted by Crippen LogP contribution is 2.76. The largest absolute Gasteiger partial charge is 0.481 e. The Kier molecular flexibility index (Phi) is 8.90. The molecule has 0 bridgehead atoms. The van der Waals surface area contributed by atoms with Crippen LogP contribution < -0.4 is 0 Å². The summed E-state index contributed by atoms with van der Waals surface area (Å²) in [5, 5.41) is 42.8. The molecule has 1 aliphatic heterocycles. The van der Waals surface area contributed by atoms with Crippen LogP contribution in [0.25, 0.3) is 0 Å². The molecule has 0 radical (unpaired) electrons. The van der Waals surface area contributed by atoms with Crippen molar-refractivity contribution in [3.8, 4) is 0 Å². The second kappa shape index (κ2) is 11.7. The summed E-state index contributed by atoms with van der Waals surface area (Å²) >= 11 is 0. The van der Waals surface area contributed by atoms with Crippen LogP contribution in [0.1, 0.15) is 99.3 Å². The van der Waals surface area contributed by atoms with Gasteiger partial charge < -0.3 is 29.9 Å². The summed E-state index contributed by atoms with van der Waals surface area (Å²) in [4.78, 5) is 13.0. The quantitative estimate of drug-likeness (QED) is 0.153. The lowest BCUT2D eigenvalue weighted by Crippen LogP contribution is -2.67. The van der Waals surface area contributed by atoms with Gasteiger partial charge >= 0.3 is 16.4 Å². The summed E-state index contributed by atoms with van der Waals surface area (Å²) in [7, 11) is -4.96. The molecule has 0 aromatic heterocycles. The number of carboxylic acids is 1. The maximum absolute atomic E-state index is 13.0. The van der Waals surface area contributed by atoms with Gasteiger partial charge in [0.15, 0.2) is 12.4 Å². The van der Waals surface area contributed by atoms with Crippen molar-refractivity contribution >= 4 is 16.4 Å². The fourth-order valence-corrected chi connectivity index (χ4v) is 13.0. The van der Waals surface area contributed by atoms with Crippen LogP contribution in [0.3, 0.4) is 0 Å². The number of hydrogen-bond acceptors (Lipinski definition) is 9. The molecular weight excluding hydrogens is 628 g/mol. The van der Waals surface area contributed by atoms with Crippen molar-refractivity contribution in [3.63, 3.8) is 0 Å². The summed E-state index contributed by atoms with van der Waals surface area (Å²) in [5.74, 6) is 0.301. The van der Waals surface area contributed by atoms with E-state index in [9.17, 15) is 38.2 Å². The molecule has 0 unspecified atom stereocenters. The molecule has 5 N–H and O–H groups in total. The molecule has 12 heteroatoms. The molecule has 14 atom stereocenters. The van der Waals surface area contributed by atoms with E-state index in [0.29, 0.717) is 31.6 Å². The topological polar surface area (TPSA) is 180 Å². The average Bonchev–Trinajstić information content (AvgIpc) is 2.98. The Morgan fingerprint density at radius 2 is 1.70 bits per heavy atom. The van der Waals surface area contributed by atoms with E-state index in [0.717, 1.165) is 32.1 Å². The number of rotatable bonds is 6. The molecule has 1 heterocycles. The van der Waals surface area contributed by atoms with Gasteiger partial charge in [0, 0.05) is 5.41 Å². The lowest BCUT2D eigenvalue weighted by Gasteiger charge is -2.71. The van der Waals surface area contributed by atoms with E-state index in [1.54, 1.807) is 0 Å². The molecule has 0 spiro atoms. The second-order valence-electron chi connectivity index (χ2n) is 17.2. The predicted molar refractivity (Wildman–Crippen MR) is 171 cm³/mol. The van der Waals surface area contributed by atoms with E-state index in [4.69, 9.17) is 13.7 Å². The Hall–Kier alpha value is -1.12. The summed E-state index contributed by atoms with van der Waals surface area (Å²) in [6.07, 6.45) is 2.87. The van der Waals surface area contributed by atoms with Crippen molar-refractivity contribution in [2.24, 2.45) is 56.7 Å². The molecule has 5 aliphatic carbocycles. The Morgan fingerprint density at radius 1 is 1.00 bits per heavy atom. The Bertz CT molecular complexity index is 1380. The summed E-state index contributed by atoms with van der Waals surface area (Å²) in [5.41, 5.74) is -0.821. The number of aliphatic hydroxyl groups excluding tert-OH is 3. The number of fused-ring (bicyclic) bond motifs is 7. The van der Waals surface area contributed by atoms with Gasteiger partial charge in [-0.2, -0.15) is 8.42 Å². The van der Waals surface area contributed by atoms with Gasteiger partial charge in [-0.25, -0.2) is 4.18 Å². The molecule has 0 amide bonds. The Balaban J connectivity index is 1.32. The second-order valence-corrected chi connectivity index (χ2v) is 18.3. The number of allylic oxidation sites excluding steroid dienone is 1. The van der Waals surface area contributed by atoms with E-state index in [2.05, 4.69) is 47.6 Å². The van der Waals surface area contributed by atoms with Crippen LogP contribution in [0, 0.1) is 56.7 Å². The summed E-state index contributed by atoms with van der Waals surface area (Å²) in [6.45, 7) is 13.3. The van der Waals surface area contributed by atoms with Gasteiger partial charge in [-0.3, -0.25) is 9.35 Å². The lowest BCUT2D eigenvalue weighted by atomic mass is 9.33. The number of ether oxygens (including phenoxy) is 2. The molecule has 11 nitrogen and oxygen atoms in total. The van der Waals surface area contributed by atoms with Gasteiger partial charge in [0.05, 0.1) is 24.7 Å². The van der Waals surface area contributed by atoms with E-state index >= 15 is 0 Å². The van der Waals surface area contributed by atoms with Crippen molar-refractivity contribution in [1.29, 1.82) is 0 Å². The van der Waals surface area contributed by atoms with Gasteiger partial charge in [0.25, 0.3) is 0 Å². The van der Waals surface area contributed by atoms with E-state index in [1.807, 2.05) is 0 Å². The molecule has 1 saturated heterocycles. The number of aliphatic carboxylic acids is 1. The molecule has 268 valence electrons. The fraction of sp³-hybridized carbons (Fsp3) is 0.914. The number of aliphatic hydroxyl groups is 3. The Morgan fingerprint density at radius 3 is 2.34 bits per heavy atom. The van der Waals surface area contributed by atoms with E-state index < -0.39 is 57.2 Å². The predicted octanol–water partition coefficient (Wildman–Crippen LogP) is 4.35. The van der Waals surface area contributed by atoms with Crippen LogP contribution in [0.15, 0.2) is 11.6 Å². The molecule has 5 fully saturated rings. The zero-order valence-corrected chi connectivity index (χ0v) is 29.5. The van der Waals surface area contributed by atoms with Gasteiger partial charge in [-0.1, -0.05) is 53.2 Å². The summed E-state index contributed by atoms with van der Waals surface area (Å²) < 4.78 is 49.4. The maximum atomic E-state index is 13.0. The highest BCUT2D eigenvalue weighted by molar-refractivity contribution is 7.80. The first kappa shape index (κ1) is 35.7. The average molecular weight is 685 g/mol. The van der Waals surface area contributed by atoms with Crippen LogP contribution in [0.4, 0.5) is 0 Å². The molecule has 4 saturated carbocycles. The van der Waals surface area contributed by atoms with Crippen molar-refractivity contribution in [1.82, 2.24) is 0 Å². The van der Waals surface area contributed by atoms with Crippen LogP contribution >= 0.6 is 0 Å². The van der Waals surface area contributed by atoms with E-state index in [1.165, 1.54) is 5.57 Å². The SMILES string of the molecule is C[C@H]1[C@H](C)CC[C@]2(C(=O)O)CC[C@]3(CO)C(=CC[C@@H]4[C@@]5(C)CC[C@H](O[C@@H]6OC[C@H](O)[C@H](O)[C@H]6OS(=O)(=O)O)C(C)(C)[C@@H]5CC[C@]43C)[C@H]12. The van der Waals surface area contributed by atoms with Crippen molar-refractivity contribution in [2.75, 3.05) is 13.2 Å². The normalized spacial score (nSPS) is 51.1. The lowest BCUT2D eigenvalue weighted by molar-refractivity contribution is -0.304. The first-order valence-corrected chi connectivity index (χ1v) is 19.0. The number of carbonyl (C=O) groups is 1. The van der Waals surface area contributed by atoms with Gasteiger partial charge in [-0.05, 0) is 104 Å².